The number of hydrogen-bond acceptors (Lipinski definition) is 4. The van der Waals surface area contributed by atoms with Crippen LogP contribution in [0.25, 0.3) is 5.69 Å². The molecule has 6 heteroatoms. The van der Waals surface area contributed by atoms with E-state index in [1.165, 1.54) is 0 Å². The van der Waals surface area contributed by atoms with Crippen molar-refractivity contribution in [3.63, 3.8) is 0 Å². The van der Waals surface area contributed by atoms with Gasteiger partial charge in [0.05, 0.1) is 12.0 Å². The number of carbonyl (C=O) groups excluding carboxylic acids is 1. The third kappa shape index (κ3) is 4.29. The number of nitrogens with zero attached hydrogens (tertiary/aromatic N) is 2. The molecule has 25 heavy (non-hydrogen) atoms. The lowest BCUT2D eigenvalue weighted by Gasteiger charge is -2.23. The van der Waals surface area contributed by atoms with Crippen LogP contribution in [-0.2, 0) is 11.2 Å². The molecule has 1 aromatic carbocycles. The van der Waals surface area contributed by atoms with Crippen molar-refractivity contribution in [2.75, 3.05) is 6.54 Å². The number of furan rings is 1. The average molecular weight is 339 g/mol. The van der Waals surface area contributed by atoms with E-state index in [4.69, 9.17) is 9.15 Å². The first kappa shape index (κ1) is 16.8. The summed E-state index contributed by atoms with van der Waals surface area (Å²) in [4.78, 5) is 12.4. The molecule has 3 aromatic rings. The predicted octanol–water partition coefficient (Wildman–Crippen LogP) is 2.98. The van der Waals surface area contributed by atoms with Crippen LogP contribution in [-0.4, -0.2) is 27.8 Å². The predicted molar refractivity (Wildman–Crippen MR) is 93.7 cm³/mol. The van der Waals surface area contributed by atoms with E-state index in [0.717, 1.165) is 11.4 Å². The molecule has 0 fully saturated rings. The van der Waals surface area contributed by atoms with Gasteiger partial charge in [0.25, 0.3) is 5.91 Å². The monoisotopic (exact) mass is 339 g/mol. The number of aromatic nitrogens is 2. The Bertz CT molecular complexity index is 808. The van der Waals surface area contributed by atoms with E-state index < -0.39 is 5.60 Å². The maximum absolute atomic E-state index is 12.4. The van der Waals surface area contributed by atoms with Crippen molar-refractivity contribution in [2.45, 2.75) is 25.9 Å². The van der Waals surface area contributed by atoms with Crippen LogP contribution in [0.1, 0.15) is 19.6 Å². The lowest BCUT2D eigenvalue weighted by atomic mass is 10.1. The van der Waals surface area contributed by atoms with Gasteiger partial charge in [-0.1, -0.05) is 18.2 Å². The molecular weight excluding hydrogens is 318 g/mol. The summed E-state index contributed by atoms with van der Waals surface area (Å²) in [5, 5.41) is 7.23. The third-order valence-corrected chi connectivity index (χ3v) is 3.73. The minimum atomic E-state index is -1.03. The molecule has 0 radical (unpaired) electrons. The molecule has 0 saturated heterocycles. The first-order valence-corrected chi connectivity index (χ1v) is 8.15. The quantitative estimate of drug-likeness (QED) is 0.718. The Morgan fingerprint density at radius 1 is 1.20 bits per heavy atom. The van der Waals surface area contributed by atoms with E-state index >= 15 is 0 Å². The van der Waals surface area contributed by atoms with Gasteiger partial charge in [0, 0.05) is 25.2 Å². The molecular formula is C19H21N3O3. The van der Waals surface area contributed by atoms with Gasteiger partial charge in [0.2, 0.25) is 5.88 Å². The zero-order valence-electron chi connectivity index (χ0n) is 14.3. The number of rotatable bonds is 7. The van der Waals surface area contributed by atoms with Gasteiger partial charge in [-0.2, -0.15) is 0 Å². The number of benzene rings is 1. The first-order valence-electron chi connectivity index (χ1n) is 8.15. The Balaban J connectivity index is 1.57. The molecule has 6 nitrogen and oxygen atoms in total. The lowest BCUT2D eigenvalue weighted by Crippen LogP contribution is -2.47. The van der Waals surface area contributed by atoms with Gasteiger partial charge in [-0.15, -0.1) is 5.10 Å². The van der Waals surface area contributed by atoms with Gasteiger partial charge in [0.15, 0.2) is 5.60 Å². The van der Waals surface area contributed by atoms with Gasteiger partial charge in [-0.3, -0.25) is 4.79 Å². The summed E-state index contributed by atoms with van der Waals surface area (Å²) < 4.78 is 12.7. The van der Waals surface area contributed by atoms with Gasteiger partial charge in [0.1, 0.15) is 5.76 Å². The molecule has 0 spiro atoms. The highest BCUT2D eigenvalue weighted by molar-refractivity contribution is 5.84. The minimum Gasteiger partial charge on any atom is -0.469 e. The van der Waals surface area contributed by atoms with E-state index in [0.29, 0.717) is 18.8 Å². The Kier molecular flexibility index (Phi) is 4.88. The summed E-state index contributed by atoms with van der Waals surface area (Å²) in [6.45, 7) is 3.92. The number of amides is 1. The normalized spacial score (nSPS) is 11.3. The molecule has 0 aliphatic rings. The molecule has 0 saturated carbocycles. The van der Waals surface area contributed by atoms with E-state index in [1.54, 1.807) is 37.1 Å². The summed E-state index contributed by atoms with van der Waals surface area (Å²) in [6.07, 6.45) is 4.06. The summed E-state index contributed by atoms with van der Waals surface area (Å²) in [5.41, 5.74) is -0.1000. The van der Waals surface area contributed by atoms with Crippen molar-refractivity contribution in [3.05, 3.63) is 66.8 Å². The van der Waals surface area contributed by atoms with E-state index in [-0.39, 0.29) is 5.91 Å². The van der Waals surface area contributed by atoms with Crippen LogP contribution >= 0.6 is 0 Å². The van der Waals surface area contributed by atoms with Crippen LogP contribution in [0.4, 0.5) is 0 Å². The molecule has 2 aromatic heterocycles. The molecule has 0 unspecified atom stereocenters. The van der Waals surface area contributed by atoms with Crippen LogP contribution in [0.3, 0.4) is 0 Å². The smallest absolute Gasteiger partial charge is 0.263 e. The second-order valence-corrected chi connectivity index (χ2v) is 6.13. The second kappa shape index (κ2) is 7.25. The maximum Gasteiger partial charge on any atom is 0.263 e. The Hall–Kier alpha value is -3.02. The number of carbonyl (C=O) groups is 1. The molecule has 1 N–H and O–H groups in total. The van der Waals surface area contributed by atoms with Crippen molar-refractivity contribution in [1.82, 2.24) is 15.1 Å². The van der Waals surface area contributed by atoms with Crippen LogP contribution < -0.4 is 10.1 Å². The molecule has 0 bridgehead atoms. The van der Waals surface area contributed by atoms with Gasteiger partial charge < -0.3 is 14.5 Å². The molecule has 3 rings (SSSR count). The average Bonchev–Trinajstić information content (AvgIpc) is 3.27. The Labute approximate surface area is 146 Å². The first-order chi connectivity index (χ1) is 12.0. The molecule has 130 valence electrons. The fraction of sp³-hybridized carbons (Fsp3) is 0.263. The standard InChI is InChI=1S/C19H21N3O3/c1-19(2,18(23)20-12-10-16-9-6-14-24-16)25-17-11-13-22(21-17)15-7-4-3-5-8-15/h3-9,11,13-14H,10,12H2,1-2H3,(H,20,23). The molecule has 0 aliphatic carbocycles. The Morgan fingerprint density at radius 2 is 2.00 bits per heavy atom. The van der Waals surface area contributed by atoms with Gasteiger partial charge in [-0.05, 0) is 38.1 Å². The van der Waals surface area contributed by atoms with E-state index in [2.05, 4.69) is 10.4 Å². The van der Waals surface area contributed by atoms with Crippen molar-refractivity contribution in [2.24, 2.45) is 0 Å². The van der Waals surface area contributed by atoms with Crippen LogP contribution in [0.5, 0.6) is 5.88 Å². The van der Waals surface area contributed by atoms with Gasteiger partial charge >= 0.3 is 0 Å². The number of para-hydroxylation sites is 1. The molecule has 0 aliphatic heterocycles. The van der Waals surface area contributed by atoms with Gasteiger partial charge in [-0.25, -0.2) is 4.68 Å². The topological polar surface area (TPSA) is 69.3 Å². The van der Waals surface area contributed by atoms with Crippen LogP contribution in [0, 0.1) is 0 Å². The fourth-order valence-electron chi connectivity index (χ4n) is 2.36. The number of hydrogen-bond donors (Lipinski definition) is 1. The fourth-order valence-corrected chi connectivity index (χ4v) is 2.36. The maximum atomic E-state index is 12.4. The highest BCUT2D eigenvalue weighted by atomic mass is 16.5. The van der Waals surface area contributed by atoms with Crippen molar-refractivity contribution >= 4 is 5.91 Å². The highest BCUT2D eigenvalue weighted by Crippen LogP contribution is 2.18. The van der Waals surface area contributed by atoms with Crippen LogP contribution in [0.15, 0.2) is 65.4 Å². The van der Waals surface area contributed by atoms with Crippen molar-refractivity contribution in [3.8, 4) is 11.6 Å². The highest BCUT2D eigenvalue weighted by Gasteiger charge is 2.30. The third-order valence-electron chi connectivity index (χ3n) is 3.73. The summed E-state index contributed by atoms with van der Waals surface area (Å²) in [5.74, 6) is 1.03. The summed E-state index contributed by atoms with van der Waals surface area (Å²) in [6, 6.07) is 15.2. The van der Waals surface area contributed by atoms with E-state index in [1.807, 2.05) is 42.5 Å². The Morgan fingerprint density at radius 3 is 2.72 bits per heavy atom. The van der Waals surface area contributed by atoms with Crippen molar-refractivity contribution in [1.29, 1.82) is 0 Å². The SMILES string of the molecule is CC(C)(Oc1ccn(-c2ccccc2)n1)C(=O)NCCc1ccco1. The zero-order chi connectivity index (χ0) is 17.7. The largest absolute Gasteiger partial charge is 0.469 e. The summed E-state index contributed by atoms with van der Waals surface area (Å²) in [7, 11) is 0. The summed E-state index contributed by atoms with van der Waals surface area (Å²) >= 11 is 0. The van der Waals surface area contributed by atoms with Crippen LogP contribution in [0.2, 0.25) is 0 Å². The molecule has 1 amide bonds. The minimum absolute atomic E-state index is 0.201. The van der Waals surface area contributed by atoms with E-state index in [9.17, 15) is 4.79 Å². The number of ether oxygens (including phenoxy) is 1. The zero-order valence-corrected chi connectivity index (χ0v) is 14.3. The second-order valence-electron chi connectivity index (χ2n) is 6.13. The lowest BCUT2D eigenvalue weighted by molar-refractivity contribution is -0.134. The molecule has 2 heterocycles. The number of nitrogens with one attached hydrogen (secondary N) is 1. The molecule has 0 atom stereocenters. The van der Waals surface area contributed by atoms with Crippen molar-refractivity contribution < 1.29 is 13.9 Å².